The maximum absolute atomic E-state index is 12.3. The number of hydrogen-bond acceptors (Lipinski definition) is 3. The Morgan fingerprint density at radius 3 is 2.65 bits per heavy atom. The van der Waals surface area contributed by atoms with E-state index in [2.05, 4.69) is 12.2 Å². The Kier molecular flexibility index (Phi) is 3.91. The van der Waals surface area contributed by atoms with Crippen LogP contribution in [0.15, 0.2) is 0 Å². The highest BCUT2D eigenvalue weighted by molar-refractivity contribution is 5.74. The molecule has 0 aromatic carbocycles. The Labute approximate surface area is 121 Å². The lowest BCUT2D eigenvalue weighted by Crippen LogP contribution is -2.52. The highest BCUT2D eigenvalue weighted by atomic mass is 16.7. The maximum atomic E-state index is 12.3. The van der Waals surface area contributed by atoms with Gasteiger partial charge in [-0.25, -0.2) is 4.79 Å². The topological polar surface area (TPSA) is 50.8 Å². The van der Waals surface area contributed by atoms with Gasteiger partial charge < -0.3 is 19.7 Å². The summed E-state index contributed by atoms with van der Waals surface area (Å²) >= 11 is 0. The molecule has 1 N–H and O–H groups in total. The van der Waals surface area contributed by atoms with Gasteiger partial charge >= 0.3 is 6.03 Å². The number of nitrogens with zero attached hydrogens (tertiary/aromatic N) is 1. The average Bonchev–Trinajstić information content (AvgIpc) is 3.21. The second kappa shape index (κ2) is 5.53. The van der Waals surface area contributed by atoms with E-state index in [0.717, 1.165) is 25.9 Å². The average molecular weight is 282 g/mol. The summed E-state index contributed by atoms with van der Waals surface area (Å²) < 4.78 is 11.5. The maximum Gasteiger partial charge on any atom is 0.317 e. The molecule has 2 saturated heterocycles. The second-order valence-corrected chi connectivity index (χ2v) is 6.57. The van der Waals surface area contributed by atoms with Crippen LogP contribution in [0.2, 0.25) is 0 Å². The van der Waals surface area contributed by atoms with E-state index in [4.69, 9.17) is 9.47 Å². The fourth-order valence-electron chi connectivity index (χ4n) is 3.36. The lowest BCUT2D eigenvalue weighted by atomic mass is 9.90. The lowest BCUT2D eigenvalue weighted by molar-refractivity contribution is -0.189. The van der Waals surface area contributed by atoms with Gasteiger partial charge in [-0.3, -0.25) is 0 Å². The third kappa shape index (κ3) is 2.93. The van der Waals surface area contributed by atoms with Crippen molar-refractivity contribution in [2.24, 2.45) is 11.8 Å². The predicted molar refractivity (Wildman–Crippen MR) is 75.3 cm³/mol. The van der Waals surface area contributed by atoms with Gasteiger partial charge in [-0.15, -0.1) is 0 Å². The number of likely N-dealkylation sites (tertiary alicyclic amines) is 1. The number of piperidine rings is 1. The van der Waals surface area contributed by atoms with Crippen molar-refractivity contribution >= 4 is 6.03 Å². The van der Waals surface area contributed by atoms with Gasteiger partial charge in [0.05, 0.1) is 13.2 Å². The number of urea groups is 1. The van der Waals surface area contributed by atoms with Crippen LogP contribution in [-0.4, -0.2) is 49.1 Å². The molecule has 2 aliphatic heterocycles. The van der Waals surface area contributed by atoms with Crippen LogP contribution in [-0.2, 0) is 9.47 Å². The van der Waals surface area contributed by atoms with Crippen molar-refractivity contribution < 1.29 is 14.3 Å². The molecule has 1 aliphatic carbocycles. The Bertz CT molecular complexity index is 364. The standard InChI is InChI=1S/C15H26N2O3/c1-11(12-5-6-12)16-14(18)17-7-3-4-13(10-17)15(2)19-8-9-20-15/h11-13H,3-10H2,1-2H3,(H,16,18). The van der Waals surface area contributed by atoms with Gasteiger partial charge in [0.25, 0.3) is 0 Å². The fraction of sp³-hybridized carbons (Fsp3) is 0.933. The van der Waals surface area contributed by atoms with Crippen molar-refractivity contribution in [3.63, 3.8) is 0 Å². The Morgan fingerprint density at radius 1 is 1.30 bits per heavy atom. The first-order chi connectivity index (χ1) is 9.58. The smallest absolute Gasteiger partial charge is 0.317 e. The van der Waals surface area contributed by atoms with E-state index in [-0.39, 0.29) is 11.9 Å². The van der Waals surface area contributed by atoms with Crippen LogP contribution in [0.5, 0.6) is 0 Å². The summed E-state index contributed by atoms with van der Waals surface area (Å²) in [6, 6.07) is 0.383. The number of ether oxygens (including phenoxy) is 2. The summed E-state index contributed by atoms with van der Waals surface area (Å²) in [6.45, 7) is 7.03. The molecule has 0 aromatic heterocycles. The van der Waals surface area contributed by atoms with Crippen LogP contribution in [0.4, 0.5) is 4.79 Å². The van der Waals surface area contributed by atoms with Crippen molar-refractivity contribution in [1.29, 1.82) is 0 Å². The molecule has 2 amide bonds. The second-order valence-electron chi connectivity index (χ2n) is 6.57. The molecule has 114 valence electrons. The Hall–Kier alpha value is -0.810. The van der Waals surface area contributed by atoms with Gasteiger partial charge in [-0.1, -0.05) is 0 Å². The first kappa shape index (κ1) is 14.1. The molecule has 3 rings (SSSR count). The molecule has 0 aromatic rings. The molecule has 20 heavy (non-hydrogen) atoms. The number of amides is 2. The molecule has 5 heteroatoms. The largest absolute Gasteiger partial charge is 0.347 e. The van der Waals surface area contributed by atoms with E-state index in [1.165, 1.54) is 12.8 Å². The number of nitrogens with one attached hydrogen (secondary N) is 1. The van der Waals surface area contributed by atoms with Crippen molar-refractivity contribution in [2.75, 3.05) is 26.3 Å². The molecule has 2 unspecified atom stereocenters. The third-order valence-corrected chi connectivity index (χ3v) is 4.99. The Morgan fingerprint density at radius 2 is 2.00 bits per heavy atom. The van der Waals surface area contributed by atoms with E-state index in [1.807, 2.05) is 11.8 Å². The summed E-state index contributed by atoms with van der Waals surface area (Å²) in [5, 5.41) is 3.14. The minimum absolute atomic E-state index is 0.0793. The minimum atomic E-state index is -0.499. The van der Waals surface area contributed by atoms with Gasteiger partial charge in [0.1, 0.15) is 0 Å². The normalized spacial score (nSPS) is 31.1. The fourth-order valence-corrected chi connectivity index (χ4v) is 3.36. The zero-order chi connectivity index (χ0) is 14.2. The molecule has 0 radical (unpaired) electrons. The highest BCUT2D eigenvalue weighted by Crippen LogP contribution is 2.35. The van der Waals surface area contributed by atoms with Crippen LogP contribution < -0.4 is 5.32 Å². The van der Waals surface area contributed by atoms with Crippen molar-refractivity contribution in [1.82, 2.24) is 10.2 Å². The van der Waals surface area contributed by atoms with Crippen LogP contribution in [0, 0.1) is 11.8 Å². The molecule has 3 aliphatic rings. The number of carbonyl (C=O) groups is 1. The van der Waals surface area contributed by atoms with Crippen molar-refractivity contribution in [2.45, 2.75) is 51.4 Å². The van der Waals surface area contributed by atoms with Crippen LogP contribution in [0.3, 0.4) is 0 Å². The van der Waals surface area contributed by atoms with Gasteiger partial charge in [0.15, 0.2) is 5.79 Å². The summed E-state index contributed by atoms with van der Waals surface area (Å²) in [5.74, 6) is 0.473. The van der Waals surface area contributed by atoms with Crippen molar-refractivity contribution in [3.05, 3.63) is 0 Å². The van der Waals surface area contributed by atoms with Gasteiger partial charge in [-0.2, -0.15) is 0 Å². The van der Waals surface area contributed by atoms with Crippen LogP contribution in [0.25, 0.3) is 0 Å². The van der Waals surface area contributed by atoms with Crippen molar-refractivity contribution in [3.8, 4) is 0 Å². The molecule has 2 heterocycles. The molecular formula is C15H26N2O3. The predicted octanol–water partition coefficient (Wildman–Crippen LogP) is 1.97. The molecule has 2 atom stereocenters. The zero-order valence-corrected chi connectivity index (χ0v) is 12.6. The van der Waals surface area contributed by atoms with E-state index in [0.29, 0.717) is 25.2 Å². The SMILES string of the molecule is CC(NC(=O)N1CCCC(C2(C)OCCO2)C1)C1CC1. The summed E-state index contributed by atoms with van der Waals surface area (Å²) in [6.07, 6.45) is 4.60. The first-order valence-corrected chi connectivity index (χ1v) is 7.92. The molecular weight excluding hydrogens is 256 g/mol. The third-order valence-electron chi connectivity index (χ3n) is 4.99. The quantitative estimate of drug-likeness (QED) is 0.861. The monoisotopic (exact) mass is 282 g/mol. The molecule has 0 spiro atoms. The molecule has 5 nitrogen and oxygen atoms in total. The highest BCUT2D eigenvalue weighted by Gasteiger charge is 2.42. The van der Waals surface area contributed by atoms with Crippen LogP contribution >= 0.6 is 0 Å². The minimum Gasteiger partial charge on any atom is -0.347 e. The number of rotatable bonds is 3. The summed E-state index contributed by atoms with van der Waals surface area (Å²) in [4.78, 5) is 14.3. The van der Waals surface area contributed by atoms with E-state index >= 15 is 0 Å². The van der Waals surface area contributed by atoms with Gasteiger partial charge in [-0.05, 0) is 45.4 Å². The number of hydrogen-bond donors (Lipinski definition) is 1. The van der Waals surface area contributed by atoms with Crippen LogP contribution in [0.1, 0.15) is 39.5 Å². The zero-order valence-electron chi connectivity index (χ0n) is 12.6. The number of carbonyl (C=O) groups excluding carboxylic acids is 1. The van der Waals surface area contributed by atoms with E-state index < -0.39 is 5.79 Å². The first-order valence-electron chi connectivity index (χ1n) is 7.92. The lowest BCUT2D eigenvalue weighted by Gasteiger charge is -2.40. The van der Waals surface area contributed by atoms with Gasteiger partial charge in [0, 0.05) is 25.0 Å². The summed E-state index contributed by atoms with van der Waals surface area (Å²) in [7, 11) is 0. The summed E-state index contributed by atoms with van der Waals surface area (Å²) in [5.41, 5.74) is 0. The molecule has 1 saturated carbocycles. The molecule has 3 fully saturated rings. The molecule has 0 bridgehead atoms. The van der Waals surface area contributed by atoms with E-state index in [1.54, 1.807) is 0 Å². The van der Waals surface area contributed by atoms with E-state index in [9.17, 15) is 4.79 Å². The van der Waals surface area contributed by atoms with Gasteiger partial charge in [0.2, 0.25) is 0 Å². The Balaban J connectivity index is 1.55.